The van der Waals surface area contributed by atoms with Crippen LogP contribution < -0.4 is 5.32 Å². The van der Waals surface area contributed by atoms with Crippen LogP contribution in [-0.4, -0.2) is 18.4 Å². The van der Waals surface area contributed by atoms with Crippen LogP contribution in [0.2, 0.25) is 0 Å². The first kappa shape index (κ1) is 9.17. The molecule has 80 valence electrons. The molecule has 3 rings (SSSR count). The molecule has 1 spiro atoms. The molecule has 1 heterocycles. The summed E-state index contributed by atoms with van der Waals surface area (Å²) in [5, 5.41) is 3.81. The maximum atomic E-state index is 6.00. The first-order chi connectivity index (χ1) is 6.88. The van der Waals surface area contributed by atoms with E-state index in [0.717, 1.165) is 18.6 Å². The van der Waals surface area contributed by atoms with E-state index in [0.29, 0.717) is 0 Å². The quantitative estimate of drug-likeness (QED) is 0.694. The highest BCUT2D eigenvalue weighted by Gasteiger charge is 2.42. The Hall–Kier alpha value is -0.0800. The smallest absolute Gasteiger partial charge is 0.119 e. The molecule has 2 aliphatic carbocycles. The fraction of sp³-hybridized carbons (Fsp3) is 1.00. The van der Waals surface area contributed by atoms with E-state index >= 15 is 0 Å². The highest BCUT2D eigenvalue weighted by atomic mass is 16.5. The average molecular weight is 195 g/mol. The zero-order valence-corrected chi connectivity index (χ0v) is 8.93. The summed E-state index contributed by atoms with van der Waals surface area (Å²) >= 11 is 0. The Kier molecular flexibility index (Phi) is 2.29. The van der Waals surface area contributed by atoms with Gasteiger partial charge in [-0.2, -0.15) is 0 Å². The Morgan fingerprint density at radius 3 is 2.50 bits per heavy atom. The Morgan fingerprint density at radius 2 is 1.79 bits per heavy atom. The monoisotopic (exact) mass is 195 g/mol. The fourth-order valence-electron chi connectivity index (χ4n) is 3.10. The summed E-state index contributed by atoms with van der Waals surface area (Å²) in [7, 11) is 0. The molecule has 3 aliphatic rings. The summed E-state index contributed by atoms with van der Waals surface area (Å²) in [6, 6.07) is 0.779. The maximum Gasteiger partial charge on any atom is 0.119 e. The molecule has 0 radical (unpaired) electrons. The summed E-state index contributed by atoms with van der Waals surface area (Å²) in [5.74, 6) is 0.984. The van der Waals surface area contributed by atoms with Gasteiger partial charge in [-0.3, -0.25) is 5.32 Å². The third kappa shape index (κ3) is 1.70. The van der Waals surface area contributed by atoms with Crippen LogP contribution in [0.5, 0.6) is 0 Å². The third-order valence-corrected chi connectivity index (χ3v) is 4.11. The Labute approximate surface area is 86.4 Å². The van der Waals surface area contributed by atoms with Crippen molar-refractivity contribution in [3.63, 3.8) is 0 Å². The van der Waals surface area contributed by atoms with Gasteiger partial charge in [0.1, 0.15) is 5.72 Å². The van der Waals surface area contributed by atoms with E-state index < -0.39 is 0 Å². The molecule has 3 fully saturated rings. The third-order valence-electron chi connectivity index (χ3n) is 4.11. The van der Waals surface area contributed by atoms with E-state index in [1.54, 1.807) is 0 Å². The van der Waals surface area contributed by atoms with Crippen LogP contribution in [0.25, 0.3) is 0 Å². The van der Waals surface area contributed by atoms with Crippen LogP contribution in [0.15, 0.2) is 0 Å². The Morgan fingerprint density at radius 1 is 1.00 bits per heavy atom. The van der Waals surface area contributed by atoms with Crippen molar-refractivity contribution in [1.29, 1.82) is 0 Å². The van der Waals surface area contributed by atoms with Crippen molar-refractivity contribution in [3.8, 4) is 0 Å². The zero-order chi connectivity index (χ0) is 9.43. The maximum absolute atomic E-state index is 6.00. The van der Waals surface area contributed by atoms with Gasteiger partial charge in [0.25, 0.3) is 0 Å². The van der Waals surface area contributed by atoms with Crippen molar-refractivity contribution >= 4 is 0 Å². The van der Waals surface area contributed by atoms with Crippen molar-refractivity contribution in [2.45, 2.75) is 63.1 Å². The normalized spacial score (nSPS) is 37.3. The molecule has 14 heavy (non-hydrogen) atoms. The molecule has 1 atom stereocenters. The molecule has 0 aromatic rings. The summed E-state index contributed by atoms with van der Waals surface area (Å²) in [4.78, 5) is 0. The van der Waals surface area contributed by atoms with E-state index in [1.165, 1.54) is 51.4 Å². The highest BCUT2D eigenvalue weighted by molar-refractivity contribution is 4.95. The number of rotatable bonds is 1. The predicted octanol–water partition coefficient (Wildman–Crippen LogP) is 2.44. The van der Waals surface area contributed by atoms with Gasteiger partial charge in [-0.05, 0) is 50.9 Å². The minimum atomic E-state index is 0.101. The predicted molar refractivity (Wildman–Crippen MR) is 56.0 cm³/mol. The minimum absolute atomic E-state index is 0.101. The molecule has 0 bridgehead atoms. The molecular formula is C12H21NO. The van der Waals surface area contributed by atoms with E-state index in [1.807, 2.05) is 0 Å². The lowest BCUT2D eigenvalue weighted by Crippen LogP contribution is -2.58. The molecule has 2 heteroatoms. The summed E-state index contributed by atoms with van der Waals surface area (Å²) in [6.07, 6.45) is 10.7. The highest BCUT2D eigenvalue weighted by Crippen LogP contribution is 2.40. The van der Waals surface area contributed by atoms with Crippen molar-refractivity contribution in [2.24, 2.45) is 5.92 Å². The van der Waals surface area contributed by atoms with Crippen LogP contribution in [0.3, 0.4) is 0 Å². The number of hydrogen-bond acceptors (Lipinski definition) is 2. The van der Waals surface area contributed by atoms with E-state index in [-0.39, 0.29) is 5.72 Å². The van der Waals surface area contributed by atoms with Crippen molar-refractivity contribution in [2.75, 3.05) is 6.61 Å². The van der Waals surface area contributed by atoms with Crippen LogP contribution in [-0.2, 0) is 4.74 Å². The Balaban J connectivity index is 1.66. The van der Waals surface area contributed by atoms with Gasteiger partial charge in [-0.15, -0.1) is 0 Å². The lowest BCUT2D eigenvalue weighted by atomic mass is 9.89. The van der Waals surface area contributed by atoms with Gasteiger partial charge >= 0.3 is 0 Å². The second-order valence-electron chi connectivity index (χ2n) is 5.28. The molecule has 2 saturated carbocycles. The van der Waals surface area contributed by atoms with Crippen LogP contribution in [0.1, 0.15) is 51.4 Å². The molecule has 1 saturated heterocycles. The van der Waals surface area contributed by atoms with Gasteiger partial charge in [0.05, 0.1) is 6.61 Å². The first-order valence-electron chi connectivity index (χ1n) is 6.30. The molecule has 1 N–H and O–H groups in total. The lowest BCUT2D eigenvalue weighted by molar-refractivity contribution is -0.132. The molecular weight excluding hydrogens is 174 g/mol. The van der Waals surface area contributed by atoms with E-state index in [9.17, 15) is 0 Å². The number of hydrogen-bond donors (Lipinski definition) is 1. The van der Waals surface area contributed by atoms with Gasteiger partial charge in [-0.25, -0.2) is 0 Å². The summed E-state index contributed by atoms with van der Waals surface area (Å²) in [6.45, 7) is 0.994. The van der Waals surface area contributed by atoms with Gasteiger partial charge < -0.3 is 4.74 Å². The molecule has 0 aromatic heterocycles. The minimum Gasteiger partial charge on any atom is -0.361 e. The van der Waals surface area contributed by atoms with Gasteiger partial charge in [-0.1, -0.05) is 6.42 Å². The zero-order valence-electron chi connectivity index (χ0n) is 8.93. The van der Waals surface area contributed by atoms with Crippen LogP contribution in [0.4, 0.5) is 0 Å². The van der Waals surface area contributed by atoms with Crippen molar-refractivity contribution in [1.82, 2.24) is 5.32 Å². The van der Waals surface area contributed by atoms with Gasteiger partial charge in [0.15, 0.2) is 0 Å². The van der Waals surface area contributed by atoms with E-state index in [2.05, 4.69) is 5.32 Å². The lowest BCUT2D eigenvalue weighted by Gasteiger charge is -2.44. The van der Waals surface area contributed by atoms with E-state index in [4.69, 9.17) is 4.74 Å². The molecule has 1 aliphatic heterocycles. The number of nitrogens with one attached hydrogen (secondary N) is 1. The SMILES string of the molecule is C1CCC2(CC1)NC(C1CC1)CCO2. The standard InChI is InChI=1S/C12H21NO/c1-2-7-12(8-3-1)13-11(6-9-14-12)10-4-5-10/h10-11,13H,1-9H2. The largest absolute Gasteiger partial charge is 0.361 e. The van der Waals surface area contributed by atoms with Gasteiger partial charge in [0.2, 0.25) is 0 Å². The first-order valence-corrected chi connectivity index (χ1v) is 6.30. The van der Waals surface area contributed by atoms with Crippen LogP contribution >= 0.6 is 0 Å². The van der Waals surface area contributed by atoms with Crippen molar-refractivity contribution < 1.29 is 4.74 Å². The summed E-state index contributed by atoms with van der Waals surface area (Å²) in [5.41, 5.74) is 0.101. The molecule has 0 aromatic carbocycles. The average Bonchev–Trinajstić information content (AvgIpc) is 3.02. The topological polar surface area (TPSA) is 21.3 Å². The molecule has 2 nitrogen and oxygen atoms in total. The van der Waals surface area contributed by atoms with Gasteiger partial charge in [0, 0.05) is 6.04 Å². The van der Waals surface area contributed by atoms with Crippen LogP contribution in [0, 0.1) is 5.92 Å². The summed E-state index contributed by atoms with van der Waals surface area (Å²) < 4.78 is 6.00. The molecule has 1 unspecified atom stereocenters. The van der Waals surface area contributed by atoms with Crippen molar-refractivity contribution in [3.05, 3.63) is 0 Å². The molecule has 0 amide bonds. The second-order valence-corrected chi connectivity index (χ2v) is 5.28. The number of ether oxygens (including phenoxy) is 1. The fourth-order valence-corrected chi connectivity index (χ4v) is 3.10. The second kappa shape index (κ2) is 3.49. The Bertz CT molecular complexity index is 201.